The molecule has 0 N–H and O–H groups in total. The first-order valence-electron chi connectivity index (χ1n) is 6.40. The van der Waals surface area contributed by atoms with Crippen LogP contribution < -0.4 is 4.74 Å². The Morgan fingerprint density at radius 2 is 1.84 bits per heavy atom. The average Bonchev–Trinajstić information content (AvgIpc) is 3.07. The number of halogens is 1. The number of fused-ring (bicyclic) bond motifs is 10. The van der Waals surface area contributed by atoms with Crippen LogP contribution in [0.1, 0.15) is 34.9 Å². The van der Waals surface area contributed by atoms with Gasteiger partial charge in [-0.25, -0.2) is 0 Å². The monoisotopic (exact) mass is 271 g/mol. The third-order valence-corrected chi connectivity index (χ3v) is 4.63. The fraction of sp³-hybridized carbons (Fsp3) is 0.267. The number of benzene rings is 1. The van der Waals surface area contributed by atoms with Crippen LogP contribution in [0, 0.1) is 0 Å². The van der Waals surface area contributed by atoms with Crippen LogP contribution in [0.2, 0.25) is 5.02 Å². The summed E-state index contributed by atoms with van der Waals surface area (Å²) in [6, 6.07) is 10.1. The molecule has 0 amide bonds. The Balaban J connectivity index is 1.71. The highest BCUT2D eigenvalue weighted by atomic mass is 35.5. The summed E-state index contributed by atoms with van der Waals surface area (Å²) < 4.78 is 12.1. The molecular formula is C15H10ClNO2. The molecule has 94 valence electrons. The van der Waals surface area contributed by atoms with Gasteiger partial charge in [0, 0.05) is 6.20 Å². The SMILES string of the molecule is Clc1ccnc2c1O[C@@H]1[C@H]2[C@@H]2O[C@H]1c1ccccc12. The molecule has 19 heavy (non-hydrogen) atoms. The van der Waals surface area contributed by atoms with Gasteiger partial charge in [-0.05, 0) is 17.2 Å². The molecule has 4 heterocycles. The van der Waals surface area contributed by atoms with Crippen LogP contribution in [-0.4, -0.2) is 11.1 Å². The van der Waals surface area contributed by atoms with Crippen molar-refractivity contribution in [2.75, 3.05) is 0 Å². The molecule has 0 radical (unpaired) electrons. The van der Waals surface area contributed by atoms with E-state index < -0.39 is 0 Å². The van der Waals surface area contributed by atoms with Crippen molar-refractivity contribution in [1.82, 2.24) is 4.98 Å². The molecule has 5 rings (SSSR count). The molecule has 1 aromatic heterocycles. The highest BCUT2D eigenvalue weighted by Gasteiger charge is 2.58. The molecule has 1 fully saturated rings. The van der Waals surface area contributed by atoms with Gasteiger partial charge in [0.2, 0.25) is 0 Å². The van der Waals surface area contributed by atoms with Crippen molar-refractivity contribution < 1.29 is 9.47 Å². The molecule has 0 aliphatic carbocycles. The van der Waals surface area contributed by atoms with Crippen molar-refractivity contribution in [3.05, 3.63) is 58.4 Å². The summed E-state index contributed by atoms with van der Waals surface area (Å²) in [6.07, 6.45) is 1.82. The number of pyridine rings is 1. The van der Waals surface area contributed by atoms with Crippen molar-refractivity contribution in [3.63, 3.8) is 0 Å². The van der Waals surface area contributed by atoms with Crippen LogP contribution in [0.3, 0.4) is 0 Å². The molecule has 2 aromatic rings. The van der Waals surface area contributed by atoms with Gasteiger partial charge in [-0.15, -0.1) is 0 Å². The number of aromatic nitrogens is 1. The average molecular weight is 272 g/mol. The lowest BCUT2D eigenvalue weighted by Crippen LogP contribution is -2.25. The number of hydrogen-bond donors (Lipinski definition) is 0. The first-order chi connectivity index (χ1) is 9.34. The minimum Gasteiger partial charge on any atom is -0.483 e. The van der Waals surface area contributed by atoms with Gasteiger partial charge >= 0.3 is 0 Å². The molecule has 2 bridgehead atoms. The van der Waals surface area contributed by atoms with Gasteiger partial charge < -0.3 is 9.47 Å². The summed E-state index contributed by atoms with van der Waals surface area (Å²) in [4.78, 5) is 4.47. The molecule has 0 saturated carbocycles. The fourth-order valence-corrected chi connectivity index (χ4v) is 3.79. The van der Waals surface area contributed by atoms with E-state index in [1.807, 2.05) is 6.07 Å². The zero-order valence-corrected chi connectivity index (χ0v) is 10.7. The molecular weight excluding hydrogens is 262 g/mol. The largest absolute Gasteiger partial charge is 0.483 e. The Labute approximate surface area is 115 Å². The van der Waals surface area contributed by atoms with Crippen LogP contribution in [-0.2, 0) is 4.74 Å². The highest BCUT2D eigenvalue weighted by molar-refractivity contribution is 6.32. The minimum atomic E-state index is 0.0106. The topological polar surface area (TPSA) is 31.4 Å². The Morgan fingerprint density at radius 1 is 1.05 bits per heavy atom. The molecule has 0 unspecified atom stereocenters. The second-order valence-corrected chi connectivity index (χ2v) is 5.63. The number of ether oxygens (including phenoxy) is 2. The van der Waals surface area contributed by atoms with E-state index >= 15 is 0 Å². The van der Waals surface area contributed by atoms with Crippen LogP contribution in [0.4, 0.5) is 0 Å². The third kappa shape index (κ3) is 1.11. The zero-order valence-electron chi connectivity index (χ0n) is 9.92. The molecule has 4 heteroatoms. The summed E-state index contributed by atoms with van der Waals surface area (Å²) >= 11 is 6.20. The van der Waals surface area contributed by atoms with Crippen LogP contribution in [0.15, 0.2) is 36.5 Å². The number of hydrogen-bond acceptors (Lipinski definition) is 3. The molecule has 4 atom stereocenters. The lowest BCUT2D eigenvalue weighted by atomic mass is 9.81. The van der Waals surface area contributed by atoms with Gasteiger partial charge in [0.15, 0.2) is 5.75 Å². The smallest absolute Gasteiger partial charge is 0.160 e. The van der Waals surface area contributed by atoms with Gasteiger partial charge in [0.25, 0.3) is 0 Å². The van der Waals surface area contributed by atoms with Gasteiger partial charge in [-0.2, -0.15) is 0 Å². The molecule has 0 spiro atoms. The minimum absolute atomic E-state index is 0.0106. The van der Waals surface area contributed by atoms with E-state index in [1.54, 1.807) is 12.3 Å². The summed E-state index contributed by atoms with van der Waals surface area (Å²) in [7, 11) is 0. The summed E-state index contributed by atoms with van der Waals surface area (Å²) in [6.45, 7) is 0. The first kappa shape index (κ1) is 10.2. The molecule has 3 nitrogen and oxygen atoms in total. The van der Waals surface area contributed by atoms with E-state index in [-0.39, 0.29) is 24.2 Å². The van der Waals surface area contributed by atoms with Gasteiger partial charge in [-0.1, -0.05) is 35.9 Å². The second kappa shape index (κ2) is 3.30. The van der Waals surface area contributed by atoms with Crippen molar-refractivity contribution in [2.45, 2.75) is 24.2 Å². The van der Waals surface area contributed by atoms with Gasteiger partial charge in [0.1, 0.15) is 12.2 Å². The molecule has 3 aliphatic heterocycles. The van der Waals surface area contributed by atoms with Gasteiger partial charge in [-0.3, -0.25) is 4.98 Å². The van der Waals surface area contributed by atoms with Crippen molar-refractivity contribution in [1.29, 1.82) is 0 Å². The maximum absolute atomic E-state index is 6.20. The van der Waals surface area contributed by atoms with Crippen molar-refractivity contribution in [3.8, 4) is 5.75 Å². The van der Waals surface area contributed by atoms with E-state index in [2.05, 4.69) is 23.2 Å². The van der Waals surface area contributed by atoms with Crippen LogP contribution >= 0.6 is 11.6 Å². The van der Waals surface area contributed by atoms with E-state index in [9.17, 15) is 0 Å². The lowest BCUT2D eigenvalue weighted by molar-refractivity contribution is 0.0364. The maximum atomic E-state index is 6.20. The molecule has 1 saturated heterocycles. The normalized spacial score (nSPS) is 32.7. The third-order valence-electron chi connectivity index (χ3n) is 4.33. The summed E-state index contributed by atoms with van der Waals surface area (Å²) in [5, 5.41) is 0.642. The fourth-order valence-electron chi connectivity index (χ4n) is 3.59. The van der Waals surface area contributed by atoms with Crippen molar-refractivity contribution in [2.24, 2.45) is 0 Å². The van der Waals surface area contributed by atoms with Gasteiger partial charge in [0.05, 0.1) is 22.7 Å². The van der Waals surface area contributed by atoms with Crippen LogP contribution in [0.5, 0.6) is 5.75 Å². The van der Waals surface area contributed by atoms with E-state index in [4.69, 9.17) is 21.1 Å². The zero-order chi connectivity index (χ0) is 12.6. The maximum Gasteiger partial charge on any atom is 0.160 e. The number of rotatable bonds is 0. The number of nitrogens with zero attached hydrogens (tertiary/aromatic N) is 1. The lowest BCUT2D eigenvalue weighted by Gasteiger charge is -2.22. The Morgan fingerprint density at radius 3 is 2.68 bits per heavy atom. The first-order valence-corrected chi connectivity index (χ1v) is 6.78. The quantitative estimate of drug-likeness (QED) is 0.736. The van der Waals surface area contributed by atoms with E-state index in [1.165, 1.54) is 11.1 Å². The highest BCUT2D eigenvalue weighted by Crippen LogP contribution is 2.62. The summed E-state index contributed by atoms with van der Waals surface area (Å²) in [5.74, 6) is 0.916. The predicted octanol–water partition coefficient (Wildman–Crippen LogP) is 3.41. The van der Waals surface area contributed by atoms with E-state index in [0.717, 1.165) is 11.4 Å². The molecule has 3 aliphatic rings. The Hall–Kier alpha value is -1.58. The second-order valence-electron chi connectivity index (χ2n) is 5.22. The van der Waals surface area contributed by atoms with Crippen LogP contribution in [0.25, 0.3) is 0 Å². The predicted molar refractivity (Wildman–Crippen MR) is 69.4 cm³/mol. The summed E-state index contributed by atoms with van der Waals surface area (Å²) in [5.41, 5.74) is 3.46. The standard InChI is InChI=1S/C15H10ClNO2/c16-9-5-6-17-11-10-12-7-3-1-2-4-8(7)13(18-12)15(10)19-14(9)11/h1-6,10,12-13,15H/t10-,12-,13+,15-/m1/s1. The Kier molecular flexibility index (Phi) is 1.78. The molecule has 1 aromatic carbocycles. The Bertz CT molecular complexity index is 702. The van der Waals surface area contributed by atoms with E-state index in [0.29, 0.717) is 5.02 Å². The van der Waals surface area contributed by atoms with Crippen molar-refractivity contribution >= 4 is 11.6 Å².